The number of ketones is 1. The fraction of sp³-hybridized carbons (Fsp3) is 0.250. The molecule has 0 aliphatic carbocycles. The number of hydrogen-bond acceptors (Lipinski definition) is 4. The minimum Gasteiger partial charge on any atom is -0.495 e. The van der Waals surface area contributed by atoms with Gasteiger partial charge in [0.1, 0.15) is 11.8 Å². The molecule has 80 valence electrons. The van der Waals surface area contributed by atoms with Crippen LogP contribution in [0.15, 0.2) is 18.2 Å². The predicted molar refractivity (Wildman–Crippen MR) is 56.9 cm³/mol. The van der Waals surface area contributed by atoms with E-state index in [0.717, 1.165) is 0 Å². The van der Waals surface area contributed by atoms with Crippen molar-refractivity contribution >= 4 is 5.78 Å². The first-order valence-electron chi connectivity index (χ1n) is 4.71. The minimum atomic E-state index is -0.138. The second-order valence-corrected chi connectivity index (χ2v) is 3.11. The quantitative estimate of drug-likeness (QED) is 0.719. The van der Waals surface area contributed by atoms with Gasteiger partial charge in [-0.15, -0.1) is 0 Å². The number of nitriles is 2. The summed E-state index contributed by atoms with van der Waals surface area (Å²) in [7, 11) is 1.47. The van der Waals surface area contributed by atoms with Crippen molar-refractivity contribution in [1.29, 1.82) is 10.5 Å². The van der Waals surface area contributed by atoms with Gasteiger partial charge < -0.3 is 4.74 Å². The van der Waals surface area contributed by atoms with Crippen molar-refractivity contribution in [2.45, 2.75) is 12.8 Å². The lowest BCUT2D eigenvalue weighted by atomic mass is 10.0. The Morgan fingerprint density at radius 2 is 2.19 bits per heavy atom. The van der Waals surface area contributed by atoms with Gasteiger partial charge in [-0.1, -0.05) is 0 Å². The molecule has 1 aromatic carbocycles. The monoisotopic (exact) mass is 214 g/mol. The number of nitrogens with zero attached hydrogens (tertiary/aromatic N) is 2. The molecule has 4 heteroatoms. The maximum Gasteiger partial charge on any atom is 0.163 e. The van der Waals surface area contributed by atoms with Crippen LogP contribution in [0.4, 0.5) is 0 Å². The Morgan fingerprint density at radius 1 is 1.44 bits per heavy atom. The van der Waals surface area contributed by atoms with E-state index in [2.05, 4.69) is 0 Å². The molecule has 1 aromatic rings. The Labute approximate surface area is 93.7 Å². The predicted octanol–water partition coefficient (Wildman–Crippen LogP) is 2.05. The van der Waals surface area contributed by atoms with Gasteiger partial charge in [-0.05, 0) is 18.2 Å². The molecular weight excluding hydrogens is 204 g/mol. The van der Waals surface area contributed by atoms with Gasteiger partial charge in [0.15, 0.2) is 5.78 Å². The van der Waals surface area contributed by atoms with Crippen LogP contribution in [0.5, 0.6) is 5.75 Å². The second kappa shape index (κ2) is 5.53. The summed E-state index contributed by atoms with van der Waals surface area (Å²) in [6.45, 7) is 0. The van der Waals surface area contributed by atoms with E-state index in [9.17, 15) is 4.79 Å². The Hall–Kier alpha value is -2.33. The molecule has 0 saturated carbocycles. The largest absolute Gasteiger partial charge is 0.495 e. The average Bonchev–Trinajstić information content (AvgIpc) is 2.34. The molecule has 4 nitrogen and oxygen atoms in total. The summed E-state index contributed by atoms with van der Waals surface area (Å²) in [5.74, 6) is 0.306. The topological polar surface area (TPSA) is 73.9 Å². The standard InChI is InChI=1S/C12H10N2O2/c1-16-12-5-4-9(7-10(12)8-14)11(15)3-2-6-13/h4-5,7H,2-3H2,1H3. The number of methoxy groups -OCH3 is 1. The van der Waals surface area contributed by atoms with E-state index in [1.54, 1.807) is 12.1 Å². The Bertz CT molecular complexity index is 481. The zero-order valence-electron chi connectivity index (χ0n) is 8.86. The number of hydrogen-bond donors (Lipinski definition) is 0. The molecule has 0 radical (unpaired) electrons. The highest BCUT2D eigenvalue weighted by atomic mass is 16.5. The lowest BCUT2D eigenvalue weighted by molar-refractivity contribution is 0.0984. The maximum absolute atomic E-state index is 11.6. The van der Waals surface area contributed by atoms with Gasteiger partial charge in [-0.25, -0.2) is 0 Å². The number of ether oxygens (including phenoxy) is 1. The number of carbonyl (C=O) groups is 1. The molecule has 0 N–H and O–H groups in total. The van der Waals surface area contributed by atoms with Gasteiger partial charge in [0.05, 0.1) is 18.7 Å². The summed E-state index contributed by atoms with van der Waals surface area (Å²) in [5, 5.41) is 17.2. The third-order valence-electron chi connectivity index (χ3n) is 2.11. The van der Waals surface area contributed by atoms with Crippen molar-refractivity contribution in [2.24, 2.45) is 0 Å². The SMILES string of the molecule is COc1ccc(C(=O)CCC#N)cc1C#N. The normalized spacial score (nSPS) is 8.94. The molecule has 0 saturated heterocycles. The fourth-order valence-electron chi connectivity index (χ4n) is 1.28. The van der Waals surface area contributed by atoms with Crippen LogP contribution in [0.1, 0.15) is 28.8 Å². The summed E-state index contributed by atoms with van der Waals surface area (Å²) in [6, 6.07) is 8.53. The molecule has 1 rings (SSSR count). The molecule has 0 atom stereocenters. The lowest BCUT2D eigenvalue weighted by Gasteiger charge is -2.04. The molecule has 0 aliphatic rings. The van der Waals surface area contributed by atoms with Crippen LogP contribution in [0, 0.1) is 22.7 Å². The molecule has 0 unspecified atom stereocenters. The van der Waals surface area contributed by atoms with Crippen molar-refractivity contribution in [2.75, 3.05) is 7.11 Å². The fourth-order valence-corrected chi connectivity index (χ4v) is 1.28. The van der Waals surface area contributed by atoms with Crippen LogP contribution in [0.25, 0.3) is 0 Å². The van der Waals surface area contributed by atoms with Crippen molar-refractivity contribution in [3.05, 3.63) is 29.3 Å². The number of carbonyl (C=O) groups excluding carboxylic acids is 1. The van der Waals surface area contributed by atoms with Gasteiger partial charge >= 0.3 is 0 Å². The van der Waals surface area contributed by atoms with E-state index in [4.69, 9.17) is 15.3 Å². The van der Waals surface area contributed by atoms with Gasteiger partial charge in [0.2, 0.25) is 0 Å². The summed E-state index contributed by atoms with van der Waals surface area (Å²) in [6.07, 6.45) is 0.362. The summed E-state index contributed by atoms with van der Waals surface area (Å²) >= 11 is 0. The lowest BCUT2D eigenvalue weighted by Crippen LogP contribution is -1.99. The van der Waals surface area contributed by atoms with E-state index in [-0.39, 0.29) is 18.6 Å². The van der Waals surface area contributed by atoms with Gasteiger partial charge in [-0.3, -0.25) is 4.79 Å². The van der Waals surface area contributed by atoms with Crippen LogP contribution in [-0.4, -0.2) is 12.9 Å². The molecule has 0 heterocycles. The van der Waals surface area contributed by atoms with E-state index in [0.29, 0.717) is 16.9 Å². The molecule has 0 bridgehead atoms. The van der Waals surface area contributed by atoms with Crippen LogP contribution in [0.3, 0.4) is 0 Å². The average molecular weight is 214 g/mol. The zero-order chi connectivity index (χ0) is 12.0. The van der Waals surface area contributed by atoms with Crippen LogP contribution in [-0.2, 0) is 0 Å². The van der Waals surface area contributed by atoms with Crippen molar-refractivity contribution in [3.63, 3.8) is 0 Å². The molecule has 16 heavy (non-hydrogen) atoms. The van der Waals surface area contributed by atoms with E-state index >= 15 is 0 Å². The number of rotatable bonds is 4. The first-order valence-corrected chi connectivity index (χ1v) is 4.71. The van der Waals surface area contributed by atoms with Crippen molar-refractivity contribution < 1.29 is 9.53 Å². The highest BCUT2D eigenvalue weighted by Gasteiger charge is 2.09. The van der Waals surface area contributed by atoms with Crippen molar-refractivity contribution in [3.8, 4) is 17.9 Å². The summed E-state index contributed by atoms with van der Waals surface area (Å²) in [4.78, 5) is 11.6. The first kappa shape index (κ1) is 11.7. The van der Waals surface area contributed by atoms with Gasteiger partial charge in [-0.2, -0.15) is 10.5 Å². The molecule has 0 aromatic heterocycles. The smallest absolute Gasteiger partial charge is 0.163 e. The summed E-state index contributed by atoms with van der Waals surface area (Å²) in [5.41, 5.74) is 0.762. The Morgan fingerprint density at radius 3 is 2.75 bits per heavy atom. The Kier molecular flexibility index (Phi) is 4.06. The highest BCUT2D eigenvalue weighted by molar-refractivity contribution is 5.96. The van der Waals surface area contributed by atoms with E-state index < -0.39 is 0 Å². The molecular formula is C12H10N2O2. The molecule has 0 aliphatic heterocycles. The highest BCUT2D eigenvalue weighted by Crippen LogP contribution is 2.19. The zero-order valence-corrected chi connectivity index (χ0v) is 8.86. The molecule has 0 amide bonds. The number of Topliss-reactive ketones (excluding diaryl/α,β-unsaturated/α-hetero) is 1. The van der Waals surface area contributed by atoms with Crippen LogP contribution < -0.4 is 4.74 Å². The van der Waals surface area contributed by atoms with E-state index in [1.165, 1.54) is 13.2 Å². The van der Waals surface area contributed by atoms with E-state index in [1.807, 2.05) is 12.1 Å². The van der Waals surface area contributed by atoms with Crippen LogP contribution in [0.2, 0.25) is 0 Å². The first-order chi connectivity index (χ1) is 7.72. The third-order valence-corrected chi connectivity index (χ3v) is 2.11. The number of benzene rings is 1. The third kappa shape index (κ3) is 2.59. The summed E-state index contributed by atoms with van der Waals surface area (Å²) < 4.78 is 4.97. The minimum absolute atomic E-state index is 0.138. The molecule has 0 spiro atoms. The maximum atomic E-state index is 11.6. The van der Waals surface area contributed by atoms with Gasteiger partial charge in [0.25, 0.3) is 0 Å². The molecule has 0 fully saturated rings. The van der Waals surface area contributed by atoms with Gasteiger partial charge in [0, 0.05) is 18.4 Å². The Balaban J connectivity index is 2.96. The second-order valence-electron chi connectivity index (χ2n) is 3.11. The van der Waals surface area contributed by atoms with Crippen molar-refractivity contribution in [1.82, 2.24) is 0 Å². The van der Waals surface area contributed by atoms with Crippen LogP contribution >= 0.6 is 0 Å².